The first kappa shape index (κ1) is 17.7. The third-order valence-electron chi connectivity index (χ3n) is 4.84. The van der Waals surface area contributed by atoms with Crippen LogP contribution < -0.4 is 4.90 Å². The van der Waals surface area contributed by atoms with Gasteiger partial charge in [0.15, 0.2) is 5.82 Å². The van der Waals surface area contributed by atoms with Gasteiger partial charge in [-0.3, -0.25) is 4.79 Å². The van der Waals surface area contributed by atoms with Gasteiger partial charge < -0.3 is 14.3 Å². The van der Waals surface area contributed by atoms with Crippen molar-refractivity contribution >= 4 is 22.9 Å². The number of aromatic nitrogens is 2. The molecule has 1 unspecified atom stereocenters. The number of anilines is 1. The minimum Gasteiger partial charge on any atom is -0.378 e. The van der Waals surface area contributed by atoms with Crippen molar-refractivity contribution in [1.29, 1.82) is 0 Å². The molecular weight excluding hydrogens is 360 g/mol. The van der Waals surface area contributed by atoms with E-state index >= 15 is 0 Å². The minimum absolute atomic E-state index is 0.00429. The molecule has 1 atom stereocenters. The SMILES string of the molecule is CN(C)c1cccc(-c2nc(C3CC(=O)N(CCc4cccs4)C3)no2)c1. The van der Waals surface area contributed by atoms with Crippen LogP contribution in [0.25, 0.3) is 11.5 Å². The lowest BCUT2D eigenvalue weighted by atomic mass is 10.1. The molecule has 6 nitrogen and oxygen atoms in total. The molecule has 2 aromatic heterocycles. The first-order chi connectivity index (χ1) is 13.1. The molecule has 0 spiro atoms. The van der Waals surface area contributed by atoms with Crippen LogP contribution in [0.4, 0.5) is 5.69 Å². The molecular formula is C20H22N4O2S. The molecule has 1 aliphatic heterocycles. The second-order valence-corrected chi connectivity index (χ2v) is 8.00. The maximum absolute atomic E-state index is 12.4. The second-order valence-electron chi connectivity index (χ2n) is 6.97. The van der Waals surface area contributed by atoms with Gasteiger partial charge in [-0.15, -0.1) is 11.3 Å². The Balaban J connectivity index is 1.44. The third kappa shape index (κ3) is 3.88. The first-order valence-electron chi connectivity index (χ1n) is 9.01. The summed E-state index contributed by atoms with van der Waals surface area (Å²) in [5.74, 6) is 1.28. The number of amides is 1. The van der Waals surface area contributed by atoms with Gasteiger partial charge >= 0.3 is 0 Å². The van der Waals surface area contributed by atoms with Gasteiger partial charge in [-0.1, -0.05) is 17.3 Å². The van der Waals surface area contributed by atoms with Crippen LogP contribution in [0.15, 0.2) is 46.3 Å². The van der Waals surface area contributed by atoms with Crippen molar-refractivity contribution in [2.45, 2.75) is 18.8 Å². The summed E-state index contributed by atoms with van der Waals surface area (Å²) in [7, 11) is 3.99. The van der Waals surface area contributed by atoms with Crippen LogP contribution in [0.1, 0.15) is 23.0 Å². The van der Waals surface area contributed by atoms with Gasteiger partial charge in [0.05, 0.1) is 0 Å². The van der Waals surface area contributed by atoms with Crippen LogP contribution in [0.5, 0.6) is 0 Å². The number of rotatable bonds is 6. The summed E-state index contributed by atoms with van der Waals surface area (Å²) in [6.45, 7) is 1.40. The highest BCUT2D eigenvalue weighted by atomic mass is 32.1. The first-order valence-corrected chi connectivity index (χ1v) is 9.89. The molecule has 4 rings (SSSR count). The summed E-state index contributed by atoms with van der Waals surface area (Å²) in [4.78, 5) is 22.2. The zero-order valence-electron chi connectivity index (χ0n) is 15.5. The Morgan fingerprint density at radius 2 is 2.19 bits per heavy atom. The fourth-order valence-electron chi connectivity index (χ4n) is 3.30. The predicted molar refractivity (Wildman–Crippen MR) is 106 cm³/mol. The largest absolute Gasteiger partial charge is 0.378 e. The molecule has 0 aliphatic carbocycles. The number of likely N-dealkylation sites (tertiary alicyclic amines) is 1. The smallest absolute Gasteiger partial charge is 0.258 e. The molecule has 1 aromatic carbocycles. The molecule has 0 bridgehead atoms. The Morgan fingerprint density at radius 3 is 2.96 bits per heavy atom. The summed E-state index contributed by atoms with van der Waals surface area (Å²) < 4.78 is 5.48. The Bertz CT molecular complexity index is 920. The monoisotopic (exact) mass is 382 g/mol. The van der Waals surface area contributed by atoms with Crippen LogP contribution in [0.3, 0.4) is 0 Å². The summed E-state index contributed by atoms with van der Waals surface area (Å²) >= 11 is 1.73. The molecule has 7 heteroatoms. The van der Waals surface area contributed by atoms with E-state index in [1.807, 2.05) is 54.2 Å². The number of hydrogen-bond donors (Lipinski definition) is 0. The van der Waals surface area contributed by atoms with Gasteiger partial charge in [-0.2, -0.15) is 4.98 Å². The van der Waals surface area contributed by atoms with Crippen LogP contribution >= 0.6 is 11.3 Å². The molecule has 0 radical (unpaired) electrons. The zero-order chi connectivity index (χ0) is 18.8. The average Bonchev–Trinajstić information content (AvgIpc) is 3.41. The number of benzene rings is 1. The maximum atomic E-state index is 12.4. The Morgan fingerprint density at radius 1 is 1.30 bits per heavy atom. The molecule has 0 N–H and O–H groups in total. The van der Waals surface area contributed by atoms with Crippen molar-refractivity contribution < 1.29 is 9.32 Å². The van der Waals surface area contributed by atoms with Crippen LogP contribution in [-0.2, 0) is 11.2 Å². The van der Waals surface area contributed by atoms with E-state index in [-0.39, 0.29) is 11.8 Å². The molecule has 1 amide bonds. The summed E-state index contributed by atoms with van der Waals surface area (Å²) in [5.41, 5.74) is 1.96. The van der Waals surface area contributed by atoms with E-state index < -0.39 is 0 Å². The van der Waals surface area contributed by atoms with E-state index in [4.69, 9.17) is 4.52 Å². The summed E-state index contributed by atoms with van der Waals surface area (Å²) in [6.07, 6.45) is 1.34. The highest BCUT2D eigenvalue weighted by molar-refractivity contribution is 7.09. The van der Waals surface area contributed by atoms with Gasteiger partial charge in [0.2, 0.25) is 5.91 Å². The summed E-state index contributed by atoms with van der Waals surface area (Å²) in [5, 5.41) is 6.22. The Hall–Kier alpha value is -2.67. The minimum atomic E-state index is -0.00429. The van der Waals surface area contributed by atoms with Gasteiger partial charge in [0.1, 0.15) is 0 Å². The predicted octanol–water partition coefficient (Wildman–Crippen LogP) is 3.42. The van der Waals surface area contributed by atoms with E-state index in [1.165, 1.54) is 4.88 Å². The van der Waals surface area contributed by atoms with E-state index in [9.17, 15) is 4.79 Å². The topological polar surface area (TPSA) is 62.5 Å². The van der Waals surface area contributed by atoms with Crippen LogP contribution in [0, 0.1) is 0 Å². The standard InChI is InChI=1S/C20H22N4O2S/c1-23(2)16-6-3-5-14(11-16)20-21-19(22-26-20)15-12-18(25)24(13-15)9-8-17-7-4-10-27-17/h3-7,10-11,15H,8-9,12-13H2,1-2H3. The van der Waals surface area contributed by atoms with E-state index in [2.05, 4.69) is 21.6 Å². The quantitative estimate of drug-likeness (QED) is 0.654. The molecule has 1 aliphatic rings. The summed E-state index contributed by atoms with van der Waals surface area (Å²) in [6, 6.07) is 12.1. The fourth-order valence-corrected chi connectivity index (χ4v) is 3.99. The number of hydrogen-bond acceptors (Lipinski definition) is 6. The molecule has 1 saturated heterocycles. The molecule has 3 aromatic rings. The number of thiophene rings is 1. The molecule has 140 valence electrons. The molecule has 1 fully saturated rings. The lowest BCUT2D eigenvalue weighted by Gasteiger charge is -2.15. The highest BCUT2D eigenvalue weighted by Gasteiger charge is 2.33. The van der Waals surface area contributed by atoms with Crippen molar-refractivity contribution in [3.05, 3.63) is 52.5 Å². The third-order valence-corrected chi connectivity index (χ3v) is 5.78. The normalized spacial score (nSPS) is 16.9. The number of carbonyl (C=O) groups excluding carboxylic acids is 1. The highest BCUT2D eigenvalue weighted by Crippen LogP contribution is 2.29. The van der Waals surface area contributed by atoms with Crippen molar-refractivity contribution in [1.82, 2.24) is 15.0 Å². The van der Waals surface area contributed by atoms with Crippen molar-refractivity contribution in [3.63, 3.8) is 0 Å². The maximum Gasteiger partial charge on any atom is 0.258 e. The lowest BCUT2D eigenvalue weighted by Crippen LogP contribution is -2.27. The second kappa shape index (κ2) is 7.52. The lowest BCUT2D eigenvalue weighted by molar-refractivity contribution is -0.127. The van der Waals surface area contributed by atoms with E-state index in [0.29, 0.717) is 24.7 Å². The van der Waals surface area contributed by atoms with Crippen molar-refractivity contribution in [2.24, 2.45) is 0 Å². The van der Waals surface area contributed by atoms with Gasteiger partial charge in [-0.25, -0.2) is 0 Å². The van der Waals surface area contributed by atoms with Crippen molar-refractivity contribution in [3.8, 4) is 11.5 Å². The Labute approximate surface area is 162 Å². The Kier molecular flexibility index (Phi) is 4.94. The van der Waals surface area contributed by atoms with Crippen molar-refractivity contribution in [2.75, 3.05) is 32.1 Å². The average molecular weight is 382 g/mol. The van der Waals surface area contributed by atoms with Crippen LogP contribution in [0.2, 0.25) is 0 Å². The van der Waals surface area contributed by atoms with Crippen LogP contribution in [-0.4, -0.2) is 48.1 Å². The van der Waals surface area contributed by atoms with E-state index in [0.717, 1.165) is 24.2 Å². The number of nitrogens with zero attached hydrogens (tertiary/aromatic N) is 4. The zero-order valence-corrected chi connectivity index (χ0v) is 16.3. The molecule has 3 heterocycles. The fraction of sp³-hybridized carbons (Fsp3) is 0.350. The molecule has 27 heavy (non-hydrogen) atoms. The molecule has 0 saturated carbocycles. The van der Waals surface area contributed by atoms with Gasteiger partial charge in [0.25, 0.3) is 5.89 Å². The van der Waals surface area contributed by atoms with Gasteiger partial charge in [-0.05, 0) is 36.1 Å². The number of carbonyl (C=O) groups is 1. The van der Waals surface area contributed by atoms with E-state index in [1.54, 1.807) is 11.3 Å². The van der Waals surface area contributed by atoms with Gasteiger partial charge in [0, 0.05) is 55.7 Å².